The number of guanidine groups is 1. The van der Waals surface area contributed by atoms with Crippen molar-refractivity contribution >= 4 is 17.7 Å². The first kappa shape index (κ1) is 19.0. The molecule has 0 aliphatic carbocycles. The molecule has 0 spiro atoms. The molecular weight excluding hydrogens is 288 g/mol. The number of anilines is 1. The van der Waals surface area contributed by atoms with Crippen LogP contribution in [0.5, 0.6) is 0 Å². The summed E-state index contributed by atoms with van der Waals surface area (Å²) in [5.74, 6) is 0.504. The summed E-state index contributed by atoms with van der Waals surface area (Å²) in [5, 5.41) is 8.82. The number of hydrogen-bond donors (Lipinski definition) is 3. The van der Waals surface area contributed by atoms with E-state index in [2.05, 4.69) is 27.9 Å². The fourth-order valence-corrected chi connectivity index (χ4v) is 2.38. The second-order valence-corrected chi connectivity index (χ2v) is 5.76. The Hall–Kier alpha value is -2.04. The Labute approximate surface area is 140 Å². The van der Waals surface area contributed by atoms with Crippen molar-refractivity contribution in [2.45, 2.75) is 52.9 Å². The van der Waals surface area contributed by atoms with Crippen LogP contribution >= 0.6 is 0 Å². The topological polar surface area (TPSA) is 65.5 Å². The normalized spacial score (nSPS) is 11.2. The standard InChI is InChI=1S/C18H30N4O/c1-5-6-7-8-9-13-20-17(19-4)22-18(23)21-16-14(2)11-10-12-15(16)3/h10-12H,5-9,13H2,1-4H3,(H3,19,20,21,22,23). The van der Waals surface area contributed by atoms with Crippen LogP contribution < -0.4 is 16.0 Å². The van der Waals surface area contributed by atoms with Gasteiger partial charge in [0.05, 0.1) is 0 Å². The van der Waals surface area contributed by atoms with E-state index >= 15 is 0 Å². The Balaban J connectivity index is 2.39. The molecular formula is C18H30N4O. The number of urea groups is 1. The lowest BCUT2D eigenvalue weighted by Gasteiger charge is -2.14. The van der Waals surface area contributed by atoms with Crippen LogP contribution in [0.4, 0.5) is 10.5 Å². The van der Waals surface area contributed by atoms with E-state index in [0.717, 1.165) is 29.8 Å². The number of nitrogens with zero attached hydrogens (tertiary/aromatic N) is 1. The molecule has 0 saturated heterocycles. The summed E-state index contributed by atoms with van der Waals surface area (Å²) >= 11 is 0. The number of carbonyl (C=O) groups is 1. The molecule has 0 fully saturated rings. The summed E-state index contributed by atoms with van der Waals surface area (Å²) < 4.78 is 0. The number of benzene rings is 1. The van der Waals surface area contributed by atoms with Gasteiger partial charge in [-0.05, 0) is 31.4 Å². The lowest BCUT2D eigenvalue weighted by atomic mass is 10.1. The Bertz CT molecular complexity index is 506. The minimum atomic E-state index is -0.276. The highest BCUT2D eigenvalue weighted by Crippen LogP contribution is 2.18. The van der Waals surface area contributed by atoms with Gasteiger partial charge in [0.15, 0.2) is 5.96 Å². The van der Waals surface area contributed by atoms with E-state index in [4.69, 9.17) is 0 Å². The zero-order valence-electron chi connectivity index (χ0n) is 14.8. The molecule has 1 aromatic rings. The molecule has 128 valence electrons. The van der Waals surface area contributed by atoms with Crippen LogP contribution in [0.3, 0.4) is 0 Å². The summed E-state index contributed by atoms with van der Waals surface area (Å²) in [5.41, 5.74) is 2.93. The summed E-state index contributed by atoms with van der Waals surface area (Å²) in [6.45, 7) is 6.98. The first-order valence-corrected chi connectivity index (χ1v) is 8.43. The number of amides is 2. The van der Waals surface area contributed by atoms with E-state index in [-0.39, 0.29) is 6.03 Å². The Kier molecular flexibility index (Phi) is 8.80. The van der Waals surface area contributed by atoms with Crippen LogP contribution in [0.1, 0.15) is 50.2 Å². The third-order valence-corrected chi connectivity index (χ3v) is 3.75. The molecule has 0 aliphatic heterocycles. The number of rotatable bonds is 7. The lowest BCUT2D eigenvalue weighted by Crippen LogP contribution is -2.43. The van der Waals surface area contributed by atoms with Crippen molar-refractivity contribution in [2.24, 2.45) is 4.99 Å². The first-order valence-electron chi connectivity index (χ1n) is 8.43. The Morgan fingerprint density at radius 1 is 1.09 bits per heavy atom. The van der Waals surface area contributed by atoms with Gasteiger partial charge in [-0.1, -0.05) is 50.8 Å². The molecule has 0 radical (unpaired) electrons. The third-order valence-electron chi connectivity index (χ3n) is 3.75. The maximum atomic E-state index is 12.1. The number of aliphatic imine (C=N–C) groups is 1. The minimum Gasteiger partial charge on any atom is -0.356 e. The van der Waals surface area contributed by atoms with Gasteiger partial charge in [0.25, 0.3) is 0 Å². The highest BCUT2D eigenvalue weighted by molar-refractivity contribution is 6.02. The number of nitrogens with one attached hydrogen (secondary N) is 3. The van der Waals surface area contributed by atoms with Crippen LogP contribution in [0.2, 0.25) is 0 Å². The highest BCUT2D eigenvalue weighted by Gasteiger charge is 2.08. The second kappa shape index (κ2) is 10.6. The molecule has 3 N–H and O–H groups in total. The van der Waals surface area contributed by atoms with Gasteiger partial charge in [0.1, 0.15) is 0 Å². The van der Waals surface area contributed by atoms with Crippen molar-refractivity contribution in [3.8, 4) is 0 Å². The van der Waals surface area contributed by atoms with Crippen molar-refractivity contribution in [1.82, 2.24) is 10.6 Å². The second-order valence-electron chi connectivity index (χ2n) is 5.76. The summed E-state index contributed by atoms with van der Waals surface area (Å²) in [7, 11) is 1.67. The van der Waals surface area contributed by atoms with Gasteiger partial charge in [-0.3, -0.25) is 10.3 Å². The Morgan fingerprint density at radius 2 is 1.74 bits per heavy atom. The molecule has 5 nitrogen and oxygen atoms in total. The van der Waals surface area contributed by atoms with Gasteiger partial charge in [-0.15, -0.1) is 0 Å². The number of carbonyl (C=O) groups excluding carboxylic acids is 1. The Morgan fingerprint density at radius 3 is 2.35 bits per heavy atom. The SMILES string of the molecule is CCCCCCCNC(=NC)NC(=O)Nc1c(C)cccc1C. The molecule has 0 unspecified atom stereocenters. The zero-order chi connectivity index (χ0) is 17.1. The monoisotopic (exact) mass is 318 g/mol. The summed E-state index contributed by atoms with van der Waals surface area (Å²) in [6, 6.07) is 5.66. The van der Waals surface area contributed by atoms with Crippen molar-refractivity contribution in [3.05, 3.63) is 29.3 Å². The molecule has 1 aromatic carbocycles. The quantitative estimate of drug-likeness (QED) is 0.404. The smallest absolute Gasteiger partial charge is 0.326 e. The fraction of sp³-hybridized carbons (Fsp3) is 0.556. The average Bonchev–Trinajstić information content (AvgIpc) is 2.53. The van der Waals surface area contributed by atoms with Crippen molar-refractivity contribution in [3.63, 3.8) is 0 Å². The molecule has 0 heterocycles. The molecule has 0 aliphatic rings. The van der Waals surface area contributed by atoms with Gasteiger partial charge in [0.2, 0.25) is 0 Å². The molecule has 0 atom stereocenters. The van der Waals surface area contributed by atoms with Crippen LogP contribution in [0, 0.1) is 13.8 Å². The molecule has 0 saturated carbocycles. The lowest BCUT2D eigenvalue weighted by molar-refractivity contribution is 0.256. The van der Waals surface area contributed by atoms with Gasteiger partial charge in [0, 0.05) is 19.3 Å². The van der Waals surface area contributed by atoms with Gasteiger partial charge in [-0.2, -0.15) is 0 Å². The molecule has 5 heteroatoms. The van der Waals surface area contributed by atoms with Crippen molar-refractivity contribution < 1.29 is 4.79 Å². The van der Waals surface area contributed by atoms with Crippen LogP contribution in [0.15, 0.2) is 23.2 Å². The minimum absolute atomic E-state index is 0.276. The predicted molar refractivity (Wildman–Crippen MR) is 98.2 cm³/mol. The third kappa shape index (κ3) is 7.17. The zero-order valence-corrected chi connectivity index (χ0v) is 14.8. The summed E-state index contributed by atoms with van der Waals surface area (Å²) in [6.07, 6.45) is 6.07. The molecule has 0 bridgehead atoms. The number of unbranched alkanes of at least 4 members (excludes halogenated alkanes) is 4. The van der Waals surface area contributed by atoms with Crippen molar-refractivity contribution in [1.29, 1.82) is 0 Å². The van der Waals surface area contributed by atoms with E-state index in [1.807, 2.05) is 32.0 Å². The number of para-hydroxylation sites is 1. The number of hydrogen-bond acceptors (Lipinski definition) is 2. The van der Waals surface area contributed by atoms with E-state index in [0.29, 0.717) is 5.96 Å². The molecule has 0 aromatic heterocycles. The molecule has 2 amide bonds. The van der Waals surface area contributed by atoms with E-state index in [1.165, 1.54) is 25.7 Å². The van der Waals surface area contributed by atoms with E-state index in [1.54, 1.807) is 7.05 Å². The van der Waals surface area contributed by atoms with Crippen LogP contribution in [-0.2, 0) is 0 Å². The van der Waals surface area contributed by atoms with Crippen LogP contribution in [0.25, 0.3) is 0 Å². The van der Waals surface area contributed by atoms with Crippen LogP contribution in [-0.4, -0.2) is 25.6 Å². The first-order chi connectivity index (χ1) is 11.1. The predicted octanol–water partition coefficient (Wildman–Crippen LogP) is 3.97. The maximum Gasteiger partial charge on any atom is 0.326 e. The maximum absolute atomic E-state index is 12.1. The van der Waals surface area contributed by atoms with Gasteiger partial charge < -0.3 is 10.6 Å². The van der Waals surface area contributed by atoms with E-state index in [9.17, 15) is 4.79 Å². The van der Waals surface area contributed by atoms with Crippen molar-refractivity contribution in [2.75, 3.05) is 18.9 Å². The molecule has 23 heavy (non-hydrogen) atoms. The molecule has 1 rings (SSSR count). The average molecular weight is 318 g/mol. The van der Waals surface area contributed by atoms with Gasteiger partial charge >= 0.3 is 6.03 Å². The largest absolute Gasteiger partial charge is 0.356 e. The number of aryl methyl sites for hydroxylation is 2. The highest BCUT2D eigenvalue weighted by atomic mass is 16.2. The summed E-state index contributed by atoms with van der Waals surface area (Å²) in [4.78, 5) is 16.2. The van der Waals surface area contributed by atoms with Gasteiger partial charge in [-0.25, -0.2) is 4.79 Å². The fourth-order valence-electron chi connectivity index (χ4n) is 2.38. The van der Waals surface area contributed by atoms with E-state index < -0.39 is 0 Å².